The lowest BCUT2D eigenvalue weighted by Crippen LogP contribution is -2.39. The Balaban J connectivity index is 2.01. The molecular weight excluding hydrogens is 364 g/mol. The number of benzene rings is 1. The van der Waals surface area contributed by atoms with E-state index in [1.807, 2.05) is 52.0 Å². The molecule has 0 aliphatic rings. The number of amides is 2. The molecule has 2 amide bonds. The Labute approximate surface area is 164 Å². The summed E-state index contributed by atoms with van der Waals surface area (Å²) in [6.07, 6.45) is 2.97. The molecule has 7 heteroatoms. The van der Waals surface area contributed by atoms with Gasteiger partial charge in [0.1, 0.15) is 5.15 Å². The van der Waals surface area contributed by atoms with Crippen molar-refractivity contribution in [3.63, 3.8) is 0 Å². The van der Waals surface area contributed by atoms with E-state index in [-0.39, 0.29) is 24.4 Å². The van der Waals surface area contributed by atoms with E-state index in [0.717, 1.165) is 11.3 Å². The number of halogens is 1. The molecule has 0 unspecified atom stereocenters. The Bertz CT molecular complexity index is 838. The van der Waals surface area contributed by atoms with Crippen LogP contribution in [0.4, 0.5) is 0 Å². The van der Waals surface area contributed by atoms with Crippen LogP contribution in [0.15, 0.2) is 30.3 Å². The number of aryl methyl sites for hydroxylation is 2. The molecule has 144 valence electrons. The van der Waals surface area contributed by atoms with Crippen molar-refractivity contribution in [3.05, 3.63) is 57.9 Å². The second-order valence-corrected chi connectivity index (χ2v) is 7.06. The molecule has 0 aliphatic heterocycles. The van der Waals surface area contributed by atoms with Crippen LogP contribution in [0, 0.1) is 13.8 Å². The van der Waals surface area contributed by atoms with Gasteiger partial charge in [-0.15, -0.1) is 0 Å². The summed E-state index contributed by atoms with van der Waals surface area (Å²) >= 11 is 6.43. The molecule has 0 saturated heterocycles. The molecule has 1 heterocycles. The Morgan fingerprint density at radius 3 is 2.52 bits per heavy atom. The molecule has 0 bridgehead atoms. The van der Waals surface area contributed by atoms with Crippen LogP contribution in [0.1, 0.15) is 36.2 Å². The molecule has 0 atom stereocenters. The first-order valence-corrected chi connectivity index (χ1v) is 9.17. The molecule has 0 spiro atoms. The third-order valence-electron chi connectivity index (χ3n) is 3.84. The van der Waals surface area contributed by atoms with E-state index >= 15 is 0 Å². The fourth-order valence-corrected chi connectivity index (χ4v) is 2.78. The number of hydrogen-bond acceptors (Lipinski definition) is 3. The molecule has 0 saturated carbocycles. The maximum Gasteiger partial charge on any atom is 0.244 e. The zero-order chi connectivity index (χ0) is 20.0. The minimum Gasteiger partial charge on any atom is -0.352 e. The summed E-state index contributed by atoms with van der Waals surface area (Å²) in [4.78, 5) is 23.5. The van der Waals surface area contributed by atoms with E-state index in [9.17, 15) is 9.59 Å². The zero-order valence-electron chi connectivity index (χ0n) is 16.0. The lowest BCUT2D eigenvalue weighted by molar-refractivity contribution is -0.124. The number of rotatable bonds is 7. The monoisotopic (exact) mass is 388 g/mol. The van der Waals surface area contributed by atoms with Gasteiger partial charge >= 0.3 is 0 Å². The SMILES string of the molecule is Cc1ccc(Cn2nc(C)c(/C=C/C(=O)NCC(=O)NC(C)C)c2Cl)cc1. The van der Waals surface area contributed by atoms with Crippen LogP contribution >= 0.6 is 11.6 Å². The van der Waals surface area contributed by atoms with Crippen LogP contribution in [-0.4, -0.2) is 34.2 Å². The van der Waals surface area contributed by atoms with Crippen molar-refractivity contribution < 1.29 is 9.59 Å². The van der Waals surface area contributed by atoms with Gasteiger partial charge < -0.3 is 10.6 Å². The molecule has 0 fully saturated rings. The van der Waals surface area contributed by atoms with Gasteiger partial charge in [0.25, 0.3) is 0 Å². The first-order chi connectivity index (χ1) is 12.8. The zero-order valence-corrected chi connectivity index (χ0v) is 16.8. The third kappa shape index (κ3) is 6.25. The highest BCUT2D eigenvalue weighted by Crippen LogP contribution is 2.22. The lowest BCUT2D eigenvalue weighted by atomic mass is 10.1. The maximum absolute atomic E-state index is 11.9. The molecule has 6 nitrogen and oxygen atoms in total. The summed E-state index contributed by atoms with van der Waals surface area (Å²) in [6.45, 7) is 8.08. The summed E-state index contributed by atoms with van der Waals surface area (Å²) in [5, 5.41) is 10.2. The van der Waals surface area contributed by atoms with Gasteiger partial charge in [-0.25, -0.2) is 4.68 Å². The molecule has 2 N–H and O–H groups in total. The van der Waals surface area contributed by atoms with Crippen LogP contribution in [0.3, 0.4) is 0 Å². The van der Waals surface area contributed by atoms with E-state index < -0.39 is 0 Å². The Kier molecular flexibility index (Phi) is 7.19. The van der Waals surface area contributed by atoms with Crippen molar-refractivity contribution in [2.24, 2.45) is 0 Å². The number of nitrogens with zero attached hydrogens (tertiary/aromatic N) is 2. The van der Waals surface area contributed by atoms with Gasteiger partial charge in [0.05, 0.1) is 18.8 Å². The quantitative estimate of drug-likeness (QED) is 0.716. The van der Waals surface area contributed by atoms with Gasteiger partial charge in [0.2, 0.25) is 11.8 Å². The van der Waals surface area contributed by atoms with Crippen molar-refractivity contribution >= 4 is 29.5 Å². The van der Waals surface area contributed by atoms with Crippen LogP contribution in [0.25, 0.3) is 6.08 Å². The van der Waals surface area contributed by atoms with Crippen molar-refractivity contribution in [2.75, 3.05) is 6.54 Å². The van der Waals surface area contributed by atoms with Gasteiger partial charge in [-0.1, -0.05) is 41.4 Å². The van der Waals surface area contributed by atoms with Crippen molar-refractivity contribution in [2.45, 2.75) is 40.3 Å². The molecule has 1 aromatic carbocycles. The van der Waals surface area contributed by atoms with E-state index in [1.165, 1.54) is 11.6 Å². The van der Waals surface area contributed by atoms with Gasteiger partial charge in [-0.2, -0.15) is 5.10 Å². The van der Waals surface area contributed by atoms with Gasteiger partial charge in [-0.3, -0.25) is 9.59 Å². The van der Waals surface area contributed by atoms with Gasteiger partial charge in [0.15, 0.2) is 0 Å². The van der Waals surface area contributed by atoms with Gasteiger partial charge in [0, 0.05) is 17.7 Å². The second-order valence-electron chi connectivity index (χ2n) is 6.71. The minimum atomic E-state index is -0.365. The Morgan fingerprint density at radius 1 is 1.22 bits per heavy atom. The summed E-state index contributed by atoms with van der Waals surface area (Å²) in [5.74, 6) is -0.595. The first-order valence-electron chi connectivity index (χ1n) is 8.80. The number of aromatic nitrogens is 2. The van der Waals surface area contributed by atoms with E-state index in [0.29, 0.717) is 17.3 Å². The van der Waals surface area contributed by atoms with Gasteiger partial charge in [-0.05, 0) is 39.3 Å². The second kappa shape index (κ2) is 9.37. The average molecular weight is 389 g/mol. The fraction of sp³-hybridized carbons (Fsp3) is 0.350. The summed E-state index contributed by atoms with van der Waals surface area (Å²) in [7, 11) is 0. The third-order valence-corrected chi connectivity index (χ3v) is 4.24. The first kappa shape index (κ1) is 20.7. The molecule has 27 heavy (non-hydrogen) atoms. The number of carbonyl (C=O) groups excluding carboxylic acids is 2. The van der Waals surface area contributed by atoms with Crippen LogP contribution in [0.5, 0.6) is 0 Å². The highest BCUT2D eigenvalue weighted by molar-refractivity contribution is 6.31. The smallest absolute Gasteiger partial charge is 0.244 e. The molecule has 0 aliphatic carbocycles. The molecule has 2 rings (SSSR count). The lowest BCUT2D eigenvalue weighted by Gasteiger charge is -2.08. The summed E-state index contributed by atoms with van der Waals surface area (Å²) in [5.41, 5.74) is 3.70. The van der Waals surface area contributed by atoms with Crippen LogP contribution < -0.4 is 10.6 Å². The van der Waals surface area contributed by atoms with E-state index in [2.05, 4.69) is 15.7 Å². The summed E-state index contributed by atoms with van der Waals surface area (Å²) in [6, 6.07) is 8.19. The van der Waals surface area contributed by atoms with Crippen molar-refractivity contribution in [1.82, 2.24) is 20.4 Å². The maximum atomic E-state index is 11.9. The normalized spacial score (nSPS) is 11.2. The number of hydrogen-bond donors (Lipinski definition) is 2. The topological polar surface area (TPSA) is 76.0 Å². The average Bonchev–Trinajstić information content (AvgIpc) is 2.86. The predicted molar refractivity (Wildman–Crippen MR) is 108 cm³/mol. The highest BCUT2D eigenvalue weighted by Gasteiger charge is 2.12. The van der Waals surface area contributed by atoms with Crippen molar-refractivity contribution in [1.29, 1.82) is 0 Å². The summed E-state index contributed by atoms with van der Waals surface area (Å²) < 4.78 is 1.70. The van der Waals surface area contributed by atoms with E-state index in [1.54, 1.807) is 10.8 Å². The van der Waals surface area contributed by atoms with Crippen molar-refractivity contribution in [3.8, 4) is 0 Å². The number of nitrogens with one attached hydrogen (secondary N) is 2. The Morgan fingerprint density at radius 2 is 1.89 bits per heavy atom. The van der Waals surface area contributed by atoms with Crippen LogP contribution in [0.2, 0.25) is 5.15 Å². The van der Waals surface area contributed by atoms with E-state index in [4.69, 9.17) is 11.6 Å². The minimum absolute atomic E-state index is 0.0331. The predicted octanol–water partition coefficient (Wildman–Crippen LogP) is 2.86. The molecular formula is C20H25ClN4O2. The van der Waals surface area contributed by atoms with Crippen LogP contribution in [-0.2, 0) is 16.1 Å². The Hall–Kier alpha value is -2.60. The largest absolute Gasteiger partial charge is 0.352 e. The standard InChI is InChI=1S/C20H25ClN4O2/c1-13(2)23-19(27)11-22-18(26)10-9-17-15(4)24-25(20(17)21)12-16-7-5-14(3)6-8-16/h5-10,13H,11-12H2,1-4H3,(H,22,26)(H,23,27)/b10-9+. The molecule has 0 radical (unpaired) electrons. The highest BCUT2D eigenvalue weighted by atomic mass is 35.5. The molecule has 1 aromatic heterocycles. The number of carbonyl (C=O) groups is 2. The molecule has 2 aromatic rings. The fourth-order valence-electron chi connectivity index (χ4n) is 2.49.